The molecule has 1 fully saturated rings. The van der Waals surface area contributed by atoms with Crippen molar-refractivity contribution >= 4 is 33.4 Å². The summed E-state index contributed by atoms with van der Waals surface area (Å²) in [6, 6.07) is 7.34. The molecule has 2 rings (SSSR count). The van der Waals surface area contributed by atoms with Gasteiger partial charge in [0.1, 0.15) is 0 Å². The molecule has 1 N–H and O–H groups in total. The van der Waals surface area contributed by atoms with E-state index in [0.29, 0.717) is 12.0 Å². The van der Waals surface area contributed by atoms with Crippen molar-refractivity contribution in [1.82, 2.24) is 5.32 Å². The van der Waals surface area contributed by atoms with Crippen LogP contribution in [0.15, 0.2) is 22.7 Å². The largest absolute Gasteiger partial charge is 0.370 e. The van der Waals surface area contributed by atoms with Crippen LogP contribution in [0.1, 0.15) is 25.8 Å². The van der Waals surface area contributed by atoms with Crippen LogP contribution in [0.2, 0.25) is 0 Å². The molecule has 2 nitrogen and oxygen atoms in total. The summed E-state index contributed by atoms with van der Waals surface area (Å²) in [5.74, 6) is 3.24. The third kappa shape index (κ3) is 4.40. The first kappa shape index (κ1) is 16.2. The Morgan fingerprint density at radius 3 is 2.90 bits per heavy atom. The Morgan fingerprint density at radius 1 is 1.45 bits per heavy atom. The van der Waals surface area contributed by atoms with Crippen molar-refractivity contribution in [3.63, 3.8) is 0 Å². The molecule has 1 aromatic carbocycles. The summed E-state index contributed by atoms with van der Waals surface area (Å²) in [5.41, 5.74) is 2.76. The third-order valence-electron chi connectivity index (χ3n) is 3.74. The van der Waals surface area contributed by atoms with Gasteiger partial charge in [0, 0.05) is 35.5 Å². The molecule has 1 aliphatic heterocycles. The second kappa shape index (κ2) is 7.71. The van der Waals surface area contributed by atoms with Gasteiger partial charge in [0.2, 0.25) is 0 Å². The van der Waals surface area contributed by atoms with Gasteiger partial charge in [-0.1, -0.05) is 29.8 Å². The molecule has 0 saturated carbocycles. The number of thioether (sulfide) groups is 1. The highest BCUT2D eigenvalue weighted by Crippen LogP contribution is 2.30. The van der Waals surface area contributed by atoms with Crippen molar-refractivity contribution in [2.45, 2.75) is 32.9 Å². The van der Waals surface area contributed by atoms with Gasteiger partial charge in [-0.05, 0) is 48.4 Å². The summed E-state index contributed by atoms with van der Waals surface area (Å²) in [7, 11) is 2.24. The summed E-state index contributed by atoms with van der Waals surface area (Å²) >= 11 is 5.67. The lowest BCUT2D eigenvalue weighted by Crippen LogP contribution is -2.32. The minimum Gasteiger partial charge on any atom is -0.370 e. The second-order valence-electron chi connectivity index (χ2n) is 5.93. The summed E-state index contributed by atoms with van der Waals surface area (Å²) in [6.07, 6.45) is 1.30. The molecule has 0 spiro atoms. The molecular formula is C16H25BrN2S. The molecular weight excluding hydrogens is 332 g/mol. The van der Waals surface area contributed by atoms with Crippen molar-refractivity contribution in [3.05, 3.63) is 28.2 Å². The number of hydrogen-bond donors (Lipinski definition) is 1. The number of benzene rings is 1. The first-order valence-corrected chi connectivity index (χ1v) is 9.32. The van der Waals surface area contributed by atoms with Gasteiger partial charge in [-0.2, -0.15) is 11.8 Å². The first-order chi connectivity index (χ1) is 9.58. The fraction of sp³-hybridized carbons (Fsp3) is 0.625. The molecule has 1 unspecified atom stereocenters. The highest BCUT2D eigenvalue weighted by atomic mass is 79.9. The van der Waals surface area contributed by atoms with Crippen molar-refractivity contribution in [2.24, 2.45) is 5.92 Å². The molecule has 112 valence electrons. The fourth-order valence-corrected chi connectivity index (χ4v) is 4.24. The monoisotopic (exact) mass is 356 g/mol. The number of nitrogens with one attached hydrogen (secondary N) is 1. The van der Waals surface area contributed by atoms with Gasteiger partial charge >= 0.3 is 0 Å². The van der Waals surface area contributed by atoms with Crippen LogP contribution in [0, 0.1) is 5.92 Å². The van der Waals surface area contributed by atoms with E-state index in [4.69, 9.17) is 0 Å². The Morgan fingerprint density at radius 2 is 2.25 bits per heavy atom. The molecule has 4 heteroatoms. The molecule has 1 saturated heterocycles. The van der Waals surface area contributed by atoms with Crippen LogP contribution in [0.3, 0.4) is 0 Å². The number of rotatable bonds is 6. The van der Waals surface area contributed by atoms with Crippen molar-refractivity contribution in [2.75, 3.05) is 30.0 Å². The number of nitrogens with zero attached hydrogens (tertiary/aromatic N) is 1. The Balaban J connectivity index is 2.09. The molecule has 1 atom stereocenters. The SMILES string of the molecule is CC(C)CNCc1cc(Br)ccc1N(C)C1CCSC1. The quantitative estimate of drug-likeness (QED) is 0.824. The summed E-state index contributed by atoms with van der Waals surface area (Å²) in [6.45, 7) is 6.50. The Kier molecular flexibility index (Phi) is 6.24. The molecule has 0 bridgehead atoms. The van der Waals surface area contributed by atoms with Crippen LogP contribution in [0.25, 0.3) is 0 Å². The predicted octanol–water partition coefficient (Wildman–Crippen LogP) is 4.14. The summed E-state index contributed by atoms with van der Waals surface area (Å²) in [5, 5.41) is 3.56. The van der Waals surface area contributed by atoms with E-state index in [2.05, 4.69) is 77.0 Å². The lowest BCUT2D eigenvalue weighted by atomic mass is 10.1. The Labute approximate surface area is 135 Å². The normalized spacial score (nSPS) is 18.8. The summed E-state index contributed by atoms with van der Waals surface area (Å²) < 4.78 is 1.16. The number of hydrogen-bond acceptors (Lipinski definition) is 3. The number of halogens is 1. The molecule has 0 aromatic heterocycles. The smallest absolute Gasteiger partial charge is 0.0412 e. The van der Waals surface area contributed by atoms with Gasteiger partial charge in [0.25, 0.3) is 0 Å². The molecule has 1 aliphatic rings. The Hall–Kier alpha value is -0.190. The molecule has 0 amide bonds. The van der Waals surface area contributed by atoms with E-state index < -0.39 is 0 Å². The molecule has 1 aromatic rings. The predicted molar refractivity (Wildman–Crippen MR) is 94.8 cm³/mol. The molecule has 0 radical (unpaired) electrons. The average Bonchev–Trinajstić information content (AvgIpc) is 2.91. The van der Waals surface area contributed by atoms with Crippen molar-refractivity contribution < 1.29 is 0 Å². The van der Waals surface area contributed by atoms with E-state index in [1.807, 2.05) is 0 Å². The lowest BCUT2D eigenvalue weighted by molar-refractivity contribution is 0.551. The number of anilines is 1. The average molecular weight is 357 g/mol. The molecule has 0 aliphatic carbocycles. The standard InChI is InChI=1S/C16H25BrN2S/c1-12(2)9-18-10-13-8-14(17)4-5-16(13)19(3)15-6-7-20-11-15/h4-5,8,12,15,18H,6-7,9-11H2,1-3H3. The van der Waals surface area contributed by atoms with E-state index in [9.17, 15) is 0 Å². The maximum atomic E-state index is 3.60. The van der Waals surface area contributed by atoms with Crippen LogP contribution in [-0.4, -0.2) is 31.1 Å². The maximum Gasteiger partial charge on any atom is 0.0412 e. The lowest BCUT2D eigenvalue weighted by Gasteiger charge is -2.28. The van der Waals surface area contributed by atoms with Gasteiger partial charge in [0.05, 0.1) is 0 Å². The molecule has 1 heterocycles. The zero-order valence-corrected chi connectivity index (χ0v) is 15.1. The van der Waals surface area contributed by atoms with Crippen LogP contribution in [0.4, 0.5) is 5.69 Å². The maximum absolute atomic E-state index is 3.60. The van der Waals surface area contributed by atoms with Crippen molar-refractivity contribution in [1.29, 1.82) is 0 Å². The van der Waals surface area contributed by atoms with Gasteiger partial charge in [-0.3, -0.25) is 0 Å². The highest BCUT2D eigenvalue weighted by Gasteiger charge is 2.21. The van der Waals surface area contributed by atoms with Crippen molar-refractivity contribution in [3.8, 4) is 0 Å². The highest BCUT2D eigenvalue weighted by molar-refractivity contribution is 9.10. The van der Waals surface area contributed by atoms with E-state index in [1.165, 1.54) is 29.2 Å². The van der Waals surface area contributed by atoms with E-state index in [0.717, 1.165) is 17.6 Å². The minimum atomic E-state index is 0.685. The van der Waals surface area contributed by atoms with Gasteiger partial charge in [-0.25, -0.2) is 0 Å². The van der Waals surface area contributed by atoms with Gasteiger partial charge in [0.15, 0.2) is 0 Å². The van der Waals surface area contributed by atoms with Crippen LogP contribution in [-0.2, 0) is 6.54 Å². The summed E-state index contributed by atoms with van der Waals surface area (Å²) in [4.78, 5) is 2.47. The van der Waals surface area contributed by atoms with Gasteiger partial charge < -0.3 is 10.2 Å². The zero-order valence-electron chi connectivity index (χ0n) is 12.7. The minimum absolute atomic E-state index is 0.685. The van der Waals surface area contributed by atoms with E-state index in [1.54, 1.807) is 0 Å². The topological polar surface area (TPSA) is 15.3 Å². The fourth-order valence-electron chi connectivity index (χ4n) is 2.56. The first-order valence-electron chi connectivity index (χ1n) is 7.37. The second-order valence-corrected chi connectivity index (χ2v) is 7.99. The van der Waals surface area contributed by atoms with Crippen LogP contribution >= 0.6 is 27.7 Å². The zero-order chi connectivity index (χ0) is 14.5. The van der Waals surface area contributed by atoms with Gasteiger partial charge in [-0.15, -0.1) is 0 Å². The molecule has 20 heavy (non-hydrogen) atoms. The van der Waals surface area contributed by atoms with Crippen LogP contribution < -0.4 is 10.2 Å². The Bertz CT molecular complexity index is 430. The van der Waals surface area contributed by atoms with Crippen LogP contribution in [0.5, 0.6) is 0 Å². The van der Waals surface area contributed by atoms with E-state index >= 15 is 0 Å². The third-order valence-corrected chi connectivity index (χ3v) is 5.38. The van der Waals surface area contributed by atoms with E-state index in [-0.39, 0.29) is 0 Å².